The molecule has 0 fully saturated rings. The van der Waals surface area contributed by atoms with Gasteiger partial charge < -0.3 is 10.8 Å². The molecule has 0 bridgehead atoms. The summed E-state index contributed by atoms with van der Waals surface area (Å²) in [6.45, 7) is 3.00. The standard InChI is InChI=1S/C11H11N3.C2H4O2/c1-8-5-6-11(14-13-8)9-3-2-4-10(12)7-9;1-2(3)4/h2-7H,12H2,1H3;1H3,(H,3,4). The van der Waals surface area contributed by atoms with E-state index < -0.39 is 5.97 Å². The lowest BCUT2D eigenvalue weighted by Gasteiger charge is -2.00. The number of benzene rings is 1. The second-order valence-corrected chi connectivity index (χ2v) is 3.70. The Balaban J connectivity index is 0.000000357. The van der Waals surface area contributed by atoms with Crippen LogP contribution in [0.3, 0.4) is 0 Å². The summed E-state index contributed by atoms with van der Waals surface area (Å²) in [5.41, 5.74) is 9.18. The average molecular weight is 245 g/mol. The van der Waals surface area contributed by atoms with Gasteiger partial charge in [-0.25, -0.2) is 0 Å². The Morgan fingerprint density at radius 1 is 1.22 bits per heavy atom. The van der Waals surface area contributed by atoms with Gasteiger partial charge in [-0.15, -0.1) is 0 Å². The molecule has 1 aromatic carbocycles. The van der Waals surface area contributed by atoms with E-state index in [0.29, 0.717) is 0 Å². The first-order valence-electron chi connectivity index (χ1n) is 5.35. The molecule has 0 amide bonds. The molecule has 0 aliphatic heterocycles. The molecule has 2 aromatic rings. The summed E-state index contributed by atoms with van der Waals surface area (Å²) in [5.74, 6) is -0.833. The highest BCUT2D eigenvalue weighted by Gasteiger charge is 1.99. The van der Waals surface area contributed by atoms with E-state index in [9.17, 15) is 0 Å². The maximum absolute atomic E-state index is 9.00. The van der Waals surface area contributed by atoms with Crippen LogP contribution in [0, 0.1) is 6.92 Å². The molecule has 0 atom stereocenters. The van der Waals surface area contributed by atoms with Crippen LogP contribution >= 0.6 is 0 Å². The zero-order chi connectivity index (χ0) is 13.5. The first kappa shape index (κ1) is 13.6. The third-order valence-electron chi connectivity index (χ3n) is 1.98. The molecule has 0 spiro atoms. The van der Waals surface area contributed by atoms with Gasteiger partial charge in [-0.3, -0.25) is 4.79 Å². The number of aliphatic carboxylic acids is 1. The Morgan fingerprint density at radius 3 is 2.39 bits per heavy atom. The van der Waals surface area contributed by atoms with Gasteiger partial charge in [0.05, 0.1) is 11.4 Å². The lowest BCUT2D eigenvalue weighted by Crippen LogP contribution is -1.90. The summed E-state index contributed by atoms with van der Waals surface area (Å²) in [6, 6.07) is 11.5. The van der Waals surface area contributed by atoms with Crippen molar-refractivity contribution in [3.05, 3.63) is 42.1 Å². The van der Waals surface area contributed by atoms with Crippen molar-refractivity contribution in [1.82, 2.24) is 10.2 Å². The van der Waals surface area contributed by atoms with E-state index in [1.54, 1.807) is 0 Å². The van der Waals surface area contributed by atoms with Gasteiger partial charge in [-0.05, 0) is 31.2 Å². The van der Waals surface area contributed by atoms with E-state index in [1.165, 1.54) is 0 Å². The minimum Gasteiger partial charge on any atom is -0.481 e. The van der Waals surface area contributed by atoms with Gasteiger partial charge >= 0.3 is 0 Å². The number of hydrogen-bond donors (Lipinski definition) is 2. The van der Waals surface area contributed by atoms with Gasteiger partial charge in [0.15, 0.2) is 0 Å². The topological polar surface area (TPSA) is 89.1 Å². The molecule has 2 rings (SSSR count). The monoisotopic (exact) mass is 245 g/mol. The van der Waals surface area contributed by atoms with Crippen LogP contribution in [0.5, 0.6) is 0 Å². The normalized spacial score (nSPS) is 9.22. The van der Waals surface area contributed by atoms with Crippen LogP contribution in [-0.4, -0.2) is 21.3 Å². The SMILES string of the molecule is CC(=O)O.Cc1ccc(-c2cccc(N)c2)nn1. The summed E-state index contributed by atoms with van der Waals surface area (Å²) in [5, 5.41) is 15.5. The minimum atomic E-state index is -0.833. The van der Waals surface area contributed by atoms with Crippen molar-refractivity contribution >= 4 is 11.7 Å². The molecule has 1 heterocycles. The molecule has 0 saturated carbocycles. The Kier molecular flexibility index (Phi) is 4.80. The number of aryl methyl sites for hydroxylation is 1. The van der Waals surface area contributed by atoms with Crippen LogP contribution in [0.2, 0.25) is 0 Å². The number of hydrogen-bond acceptors (Lipinski definition) is 4. The third kappa shape index (κ3) is 4.61. The number of nitrogen functional groups attached to an aromatic ring is 1. The van der Waals surface area contributed by atoms with E-state index in [4.69, 9.17) is 15.6 Å². The highest BCUT2D eigenvalue weighted by molar-refractivity contribution is 5.63. The number of nitrogens with two attached hydrogens (primary N) is 1. The zero-order valence-electron chi connectivity index (χ0n) is 10.3. The number of aromatic nitrogens is 2. The number of carbonyl (C=O) groups is 1. The van der Waals surface area contributed by atoms with Gasteiger partial charge in [0.25, 0.3) is 5.97 Å². The van der Waals surface area contributed by atoms with Crippen LogP contribution in [0.25, 0.3) is 11.3 Å². The van der Waals surface area contributed by atoms with E-state index in [-0.39, 0.29) is 0 Å². The second-order valence-electron chi connectivity index (χ2n) is 3.70. The van der Waals surface area contributed by atoms with Gasteiger partial charge in [0.2, 0.25) is 0 Å². The minimum absolute atomic E-state index is 0.741. The summed E-state index contributed by atoms with van der Waals surface area (Å²) >= 11 is 0. The van der Waals surface area contributed by atoms with Crippen molar-refractivity contribution < 1.29 is 9.90 Å². The second kappa shape index (κ2) is 6.34. The highest BCUT2D eigenvalue weighted by atomic mass is 16.4. The van der Waals surface area contributed by atoms with Gasteiger partial charge in [-0.1, -0.05) is 12.1 Å². The fraction of sp³-hybridized carbons (Fsp3) is 0.154. The Bertz CT molecular complexity index is 520. The molecule has 0 radical (unpaired) electrons. The third-order valence-corrected chi connectivity index (χ3v) is 1.98. The van der Waals surface area contributed by atoms with Crippen LogP contribution in [-0.2, 0) is 4.79 Å². The number of nitrogens with zero attached hydrogens (tertiary/aromatic N) is 2. The molecule has 1 aromatic heterocycles. The fourth-order valence-electron chi connectivity index (χ4n) is 1.25. The maximum Gasteiger partial charge on any atom is 0.300 e. The van der Waals surface area contributed by atoms with Crippen LogP contribution in [0.4, 0.5) is 5.69 Å². The van der Waals surface area contributed by atoms with E-state index in [1.807, 2.05) is 43.3 Å². The molecule has 0 aliphatic rings. The Morgan fingerprint density at radius 2 is 1.89 bits per heavy atom. The van der Waals surface area contributed by atoms with Gasteiger partial charge in [0, 0.05) is 18.2 Å². The van der Waals surface area contributed by atoms with Crippen molar-refractivity contribution in [3.63, 3.8) is 0 Å². The van der Waals surface area contributed by atoms with Crippen LogP contribution in [0.1, 0.15) is 12.6 Å². The molecular formula is C13H15N3O2. The van der Waals surface area contributed by atoms with Crippen LogP contribution < -0.4 is 5.73 Å². The largest absolute Gasteiger partial charge is 0.481 e. The van der Waals surface area contributed by atoms with Crippen molar-refractivity contribution in [2.75, 3.05) is 5.73 Å². The summed E-state index contributed by atoms with van der Waals surface area (Å²) in [4.78, 5) is 9.00. The quantitative estimate of drug-likeness (QED) is 0.751. The zero-order valence-corrected chi connectivity index (χ0v) is 10.3. The Hall–Kier alpha value is -2.43. The molecule has 18 heavy (non-hydrogen) atoms. The fourth-order valence-corrected chi connectivity index (χ4v) is 1.25. The first-order chi connectivity index (χ1) is 8.49. The summed E-state index contributed by atoms with van der Waals surface area (Å²) < 4.78 is 0. The van der Waals surface area contributed by atoms with Gasteiger partial charge in [-0.2, -0.15) is 10.2 Å². The number of carboxylic acids is 1. The van der Waals surface area contributed by atoms with E-state index in [2.05, 4.69) is 10.2 Å². The maximum atomic E-state index is 9.00. The molecule has 0 aliphatic carbocycles. The molecule has 0 unspecified atom stereocenters. The average Bonchev–Trinajstić information content (AvgIpc) is 2.29. The van der Waals surface area contributed by atoms with Crippen molar-refractivity contribution in [3.8, 4) is 11.3 Å². The van der Waals surface area contributed by atoms with Crippen LogP contribution in [0.15, 0.2) is 36.4 Å². The summed E-state index contributed by atoms with van der Waals surface area (Å²) in [7, 11) is 0. The smallest absolute Gasteiger partial charge is 0.300 e. The molecule has 94 valence electrons. The predicted octanol–water partition coefficient (Wildman–Crippen LogP) is 2.13. The molecule has 0 saturated heterocycles. The van der Waals surface area contributed by atoms with Gasteiger partial charge in [0.1, 0.15) is 0 Å². The number of rotatable bonds is 1. The first-order valence-corrected chi connectivity index (χ1v) is 5.35. The molecule has 3 N–H and O–H groups in total. The van der Waals surface area contributed by atoms with E-state index in [0.717, 1.165) is 29.6 Å². The number of carboxylic acid groups (broad SMARTS) is 1. The summed E-state index contributed by atoms with van der Waals surface area (Å²) in [6.07, 6.45) is 0. The molecule has 5 nitrogen and oxygen atoms in total. The van der Waals surface area contributed by atoms with E-state index >= 15 is 0 Å². The molecule has 5 heteroatoms. The van der Waals surface area contributed by atoms with Crippen molar-refractivity contribution in [2.45, 2.75) is 13.8 Å². The Labute approximate surface area is 105 Å². The number of anilines is 1. The predicted molar refractivity (Wildman–Crippen MR) is 69.9 cm³/mol. The lowest BCUT2D eigenvalue weighted by molar-refractivity contribution is -0.134. The lowest BCUT2D eigenvalue weighted by atomic mass is 10.1. The van der Waals surface area contributed by atoms with Crippen molar-refractivity contribution in [2.24, 2.45) is 0 Å². The van der Waals surface area contributed by atoms with Crippen molar-refractivity contribution in [1.29, 1.82) is 0 Å². The molecular weight excluding hydrogens is 230 g/mol. The highest BCUT2D eigenvalue weighted by Crippen LogP contribution is 2.18.